The number of nitrogens with one attached hydrogen (secondary N) is 3. The Hall–Kier alpha value is -3.19. The lowest BCUT2D eigenvalue weighted by Gasteiger charge is -2.24. The van der Waals surface area contributed by atoms with Crippen molar-refractivity contribution in [1.82, 2.24) is 20.7 Å². The van der Waals surface area contributed by atoms with Crippen molar-refractivity contribution in [2.45, 2.75) is 59.0 Å². The van der Waals surface area contributed by atoms with E-state index < -0.39 is 23.8 Å². The number of aromatic nitrogens is 1. The second-order valence-electron chi connectivity index (χ2n) is 8.32. The summed E-state index contributed by atoms with van der Waals surface area (Å²) in [5.74, 6) is -0.141. The fourth-order valence-electron chi connectivity index (χ4n) is 2.68. The molecule has 0 aliphatic carbocycles. The largest absolute Gasteiger partial charge is 0.463 e. The van der Waals surface area contributed by atoms with Crippen LogP contribution in [0.2, 0.25) is 0 Å². The van der Waals surface area contributed by atoms with Crippen LogP contribution in [0.15, 0.2) is 16.8 Å². The second kappa shape index (κ2) is 12.3. The molecular weight excluding hydrogens is 482 g/mol. The highest BCUT2D eigenvalue weighted by Gasteiger charge is 2.28. The van der Waals surface area contributed by atoms with Gasteiger partial charge in [0.15, 0.2) is 5.13 Å². The molecule has 4 N–H and O–H groups in total. The second-order valence-corrected chi connectivity index (χ2v) is 10.2. The molecule has 0 saturated heterocycles. The van der Waals surface area contributed by atoms with Crippen molar-refractivity contribution in [2.24, 2.45) is 0 Å². The summed E-state index contributed by atoms with van der Waals surface area (Å²) in [4.78, 5) is 51.8. The van der Waals surface area contributed by atoms with E-state index in [0.717, 1.165) is 30.5 Å². The SMILES string of the molecule is CC(=O)Nc1nc(CCc2cc(CCCNC(=O)NN(C(=O)O)C(=O)OC(C)(C)C)cs2)cs1. The van der Waals surface area contributed by atoms with Crippen molar-refractivity contribution in [2.75, 3.05) is 11.9 Å². The number of anilines is 1. The van der Waals surface area contributed by atoms with Crippen LogP contribution in [0.1, 0.15) is 50.3 Å². The number of urea groups is 1. The number of hydrogen-bond donors (Lipinski definition) is 4. The summed E-state index contributed by atoms with van der Waals surface area (Å²) >= 11 is 3.06. The van der Waals surface area contributed by atoms with Crippen LogP contribution in [-0.4, -0.2) is 51.4 Å². The van der Waals surface area contributed by atoms with Gasteiger partial charge in [0.2, 0.25) is 5.91 Å². The van der Waals surface area contributed by atoms with Gasteiger partial charge in [0, 0.05) is 23.7 Å². The van der Waals surface area contributed by atoms with E-state index in [4.69, 9.17) is 9.84 Å². The summed E-state index contributed by atoms with van der Waals surface area (Å²) in [5, 5.41) is 19.0. The standard InChI is InChI=1S/C21H29N5O6S2/c1-13(27)23-18-24-15(12-34-18)7-8-16-10-14(11-33-16)6-5-9-22-17(28)25-26(19(29)30)20(31)32-21(2,3)4/h10-12H,5-9H2,1-4H3,(H,29,30)(H2,22,25,28)(H,23,24,27). The monoisotopic (exact) mass is 511 g/mol. The molecule has 11 nitrogen and oxygen atoms in total. The molecule has 2 rings (SSSR count). The van der Waals surface area contributed by atoms with E-state index in [-0.39, 0.29) is 10.9 Å². The molecule has 2 heterocycles. The van der Waals surface area contributed by atoms with Gasteiger partial charge in [-0.2, -0.15) is 0 Å². The Morgan fingerprint density at radius 2 is 1.85 bits per heavy atom. The van der Waals surface area contributed by atoms with E-state index in [1.807, 2.05) is 10.8 Å². The molecule has 0 spiro atoms. The molecule has 0 bridgehead atoms. The Morgan fingerprint density at radius 3 is 2.50 bits per heavy atom. The molecule has 0 aromatic carbocycles. The van der Waals surface area contributed by atoms with E-state index in [1.165, 1.54) is 23.1 Å². The molecule has 5 amide bonds. The molecule has 13 heteroatoms. The average Bonchev–Trinajstić information content (AvgIpc) is 3.35. The Balaban J connectivity index is 1.71. The van der Waals surface area contributed by atoms with Crippen LogP contribution in [0.5, 0.6) is 0 Å². The number of amides is 5. The van der Waals surface area contributed by atoms with Crippen LogP contribution >= 0.6 is 22.7 Å². The Kier molecular flexibility index (Phi) is 9.81. The maximum absolute atomic E-state index is 12.0. The molecule has 0 atom stereocenters. The van der Waals surface area contributed by atoms with Gasteiger partial charge in [-0.3, -0.25) is 4.79 Å². The summed E-state index contributed by atoms with van der Waals surface area (Å²) in [6.07, 6.45) is 0.133. The van der Waals surface area contributed by atoms with Crippen molar-refractivity contribution in [3.8, 4) is 0 Å². The summed E-state index contributed by atoms with van der Waals surface area (Å²) in [7, 11) is 0. The number of nitrogens with zero attached hydrogens (tertiary/aromatic N) is 2. The summed E-state index contributed by atoms with van der Waals surface area (Å²) < 4.78 is 4.96. The fourth-order valence-corrected chi connectivity index (χ4v) is 4.40. The number of carbonyl (C=O) groups is 4. The topological polar surface area (TPSA) is 150 Å². The molecule has 0 aliphatic heterocycles. The van der Waals surface area contributed by atoms with Crippen LogP contribution in [0.3, 0.4) is 0 Å². The first-order chi connectivity index (χ1) is 15.9. The minimum Gasteiger partial charge on any atom is -0.463 e. The van der Waals surface area contributed by atoms with Crippen LogP contribution in [0, 0.1) is 0 Å². The molecule has 186 valence electrons. The Bertz CT molecular complexity index is 1010. The third-order valence-electron chi connectivity index (χ3n) is 4.08. The Labute approximate surface area is 205 Å². The lowest BCUT2D eigenvalue weighted by atomic mass is 10.1. The molecule has 2 aromatic rings. The maximum atomic E-state index is 12.0. The summed E-state index contributed by atoms with van der Waals surface area (Å²) in [6.45, 7) is 6.51. The van der Waals surface area contributed by atoms with Gasteiger partial charge < -0.3 is 20.5 Å². The molecular formula is C21H29N5O6S2. The van der Waals surface area contributed by atoms with Gasteiger partial charge in [0.25, 0.3) is 0 Å². The smallest absolute Gasteiger partial charge is 0.439 e. The first-order valence-electron chi connectivity index (χ1n) is 10.5. The van der Waals surface area contributed by atoms with Crippen molar-refractivity contribution in [3.63, 3.8) is 0 Å². The Morgan fingerprint density at radius 1 is 1.12 bits per heavy atom. The van der Waals surface area contributed by atoms with E-state index in [1.54, 1.807) is 32.1 Å². The average molecular weight is 512 g/mol. The van der Waals surface area contributed by atoms with Crippen LogP contribution < -0.4 is 16.1 Å². The molecule has 0 unspecified atom stereocenters. The van der Waals surface area contributed by atoms with Crippen LogP contribution in [0.4, 0.5) is 19.5 Å². The zero-order valence-corrected chi connectivity index (χ0v) is 21.1. The number of thiazole rings is 1. The molecule has 34 heavy (non-hydrogen) atoms. The van der Waals surface area contributed by atoms with E-state index in [0.29, 0.717) is 18.1 Å². The number of hydrazine groups is 1. The minimum absolute atomic E-state index is 0.104. The number of carboxylic acid groups (broad SMARTS) is 1. The van der Waals surface area contributed by atoms with Gasteiger partial charge in [-0.05, 0) is 63.5 Å². The quantitative estimate of drug-likeness (QED) is 0.309. The highest BCUT2D eigenvalue weighted by atomic mass is 32.1. The van der Waals surface area contributed by atoms with Gasteiger partial charge in [-0.1, -0.05) is 0 Å². The molecule has 0 fully saturated rings. The van der Waals surface area contributed by atoms with Crippen molar-refractivity contribution in [1.29, 1.82) is 0 Å². The molecule has 0 radical (unpaired) electrons. The lowest BCUT2D eigenvalue weighted by Crippen LogP contribution is -2.53. The number of hydrogen-bond acceptors (Lipinski definition) is 8. The summed E-state index contributed by atoms with van der Waals surface area (Å²) in [6, 6.07) is 1.29. The fraction of sp³-hybridized carbons (Fsp3) is 0.476. The molecule has 0 aliphatic rings. The number of imide groups is 1. The van der Waals surface area contributed by atoms with Gasteiger partial charge >= 0.3 is 18.2 Å². The summed E-state index contributed by atoms with van der Waals surface area (Å²) in [5.41, 5.74) is 3.13. The van der Waals surface area contributed by atoms with E-state index >= 15 is 0 Å². The number of thiophene rings is 1. The first kappa shape index (κ1) is 27.1. The minimum atomic E-state index is -1.65. The van der Waals surface area contributed by atoms with Crippen LogP contribution in [0.25, 0.3) is 0 Å². The zero-order chi connectivity index (χ0) is 25.3. The normalized spacial score (nSPS) is 10.9. The third kappa shape index (κ3) is 9.75. The first-order valence-corrected chi connectivity index (χ1v) is 12.3. The van der Waals surface area contributed by atoms with Gasteiger partial charge in [0.1, 0.15) is 5.60 Å². The van der Waals surface area contributed by atoms with Gasteiger partial charge in [-0.15, -0.1) is 27.7 Å². The number of aryl methyl sites for hydroxylation is 3. The molecule has 0 saturated carbocycles. The predicted molar refractivity (Wildman–Crippen MR) is 129 cm³/mol. The number of rotatable bonds is 8. The maximum Gasteiger partial charge on any atom is 0.439 e. The molecule has 2 aromatic heterocycles. The van der Waals surface area contributed by atoms with Gasteiger partial charge in [-0.25, -0.2) is 24.8 Å². The van der Waals surface area contributed by atoms with Crippen molar-refractivity contribution < 1.29 is 29.0 Å². The lowest BCUT2D eigenvalue weighted by molar-refractivity contribution is -0.114. The highest BCUT2D eigenvalue weighted by molar-refractivity contribution is 7.14. The zero-order valence-electron chi connectivity index (χ0n) is 19.5. The number of ether oxygens (including phenoxy) is 1. The third-order valence-corrected chi connectivity index (χ3v) is 5.93. The predicted octanol–water partition coefficient (Wildman–Crippen LogP) is 4.01. The van der Waals surface area contributed by atoms with Gasteiger partial charge in [0.05, 0.1) is 5.69 Å². The number of carbonyl (C=O) groups excluding carboxylic acids is 3. The highest BCUT2D eigenvalue weighted by Crippen LogP contribution is 2.20. The van der Waals surface area contributed by atoms with E-state index in [9.17, 15) is 19.2 Å². The van der Waals surface area contributed by atoms with E-state index in [2.05, 4.69) is 27.1 Å². The van der Waals surface area contributed by atoms with Crippen molar-refractivity contribution >= 4 is 51.9 Å². The van der Waals surface area contributed by atoms with Crippen LogP contribution in [-0.2, 0) is 28.8 Å². The van der Waals surface area contributed by atoms with Crippen molar-refractivity contribution in [3.05, 3.63) is 33.0 Å².